The van der Waals surface area contributed by atoms with Crippen LogP contribution >= 0.6 is 0 Å². The Morgan fingerprint density at radius 3 is 3.18 bits per heavy atom. The van der Waals surface area contributed by atoms with Crippen LogP contribution in [0.4, 0.5) is 5.82 Å². The first kappa shape index (κ1) is 10.5. The third-order valence-electron chi connectivity index (χ3n) is 3.40. The molecule has 3 heterocycles. The third-order valence-corrected chi connectivity index (χ3v) is 3.40. The summed E-state index contributed by atoms with van der Waals surface area (Å²) in [6.45, 7) is 3.59. The second-order valence-electron chi connectivity index (χ2n) is 4.55. The molecular formula is C11H15N5O. The van der Waals surface area contributed by atoms with Crippen LogP contribution in [0.2, 0.25) is 0 Å². The molecule has 0 amide bonds. The highest BCUT2D eigenvalue weighted by atomic mass is 16.3. The number of hydrogen-bond acceptors (Lipinski definition) is 5. The van der Waals surface area contributed by atoms with E-state index in [0.717, 1.165) is 31.0 Å². The Labute approximate surface area is 98.9 Å². The maximum Gasteiger partial charge on any atom is 0.203 e. The van der Waals surface area contributed by atoms with E-state index in [2.05, 4.69) is 20.1 Å². The number of aliphatic hydroxyl groups is 1. The van der Waals surface area contributed by atoms with Gasteiger partial charge < -0.3 is 10.0 Å². The summed E-state index contributed by atoms with van der Waals surface area (Å²) < 4.78 is 1.86. The van der Waals surface area contributed by atoms with Gasteiger partial charge >= 0.3 is 0 Å². The number of fused-ring (bicyclic) bond motifs is 1. The molecule has 6 heteroatoms. The van der Waals surface area contributed by atoms with Crippen molar-refractivity contribution in [3.05, 3.63) is 18.7 Å². The Morgan fingerprint density at radius 1 is 1.53 bits per heavy atom. The Kier molecular flexibility index (Phi) is 2.44. The van der Waals surface area contributed by atoms with Gasteiger partial charge in [0.2, 0.25) is 5.65 Å². The van der Waals surface area contributed by atoms with Gasteiger partial charge in [-0.3, -0.25) is 4.40 Å². The van der Waals surface area contributed by atoms with Gasteiger partial charge in [0.15, 0.2) is 5.82 Å². The van der Waals surface area contributed by atoms with Crippen molar-refractivity contribution in [3.63, 3.8) is 0 Å². The average Bonchev–Trinajstić information content (AvgIpc) is 2.97. The smallest absolute Gasteiger partial charge is 0.203 e. The molecule has 1 fully saturated rings. The minimum atomic E-state index is -0.266. The first-order chi connectivity index (χ1) is 8.25. The molecule has 2 atom stereocenters. The van der Waals surface area contributed by atoms with Gasteiger partial charge in [-0.15, -0.1) is 10.2 Å². The molecule has 1 N–H and O–H groups in total. The highest BCUT2D eigenvalue weighted by Gasteiger charge is 2.28. The fraction of sp³-hybridized carbons (Fsp3) is 0.545. The third kappa shape index (κ3) is 1.74. The maximum atomic E-state index is 9.61. The van der Waals surface area contributed by atoms with E-state index in [0.29, 0.717) is 5.92 Å². The van der Waals surface area contributed by atoms with Crippen molar-refractivity contribution in [3.8, 4) is 0 Å². The van der Waals surface area contributed by atoms with E-state index >= 15 is 0 Å². The molecule has 0 radical (unpaired) electrons. The van der Waals surface area contributed by atoms with Crippen LogP contribution in [0.15, 0.2) is 18.7 Å². The number of anilines is 1. The van der Waals surface area contributed by atoms with E-state index < -0.39 is 0 Å². The molecule has 0 spiro atoms. The molecule has 6 nitrogen and oxygen atoms in total. The Hall–Kier alpha value is -1.69. The molecule has 1 aliphatic heterocycles. The lowest BCUT2D eigenvalue weighted by atomic mass is 10.0. The van der Waals surface area contributed by atoms with Crippen molar-refractivity contribution in [2.75, 3.05) is 18.0 Å². The molecule has 0 aliphatic carbocycles. The second kappa shape index (κ2) is 3.96. The van der Waals surface area contributed by atoms with E-state index in [1.165, 1.54) is 0 Å². The second-order valence-corrected chi connectivity index (χ2v) is 4.55. The number of rotatable bonds is 2. The van der Waals surface area contributed by atoms with E-state index in [9.17, 15) is 5.11 Å². The lowest BCUT2D eigenvalue weighted by molar-refractivity contribution is 0.136. The van der Waals surface area contributed by atoms with Gasteiger partial charge in [0.25, 0.3) is 0 Å². The molecule has 2 unspecified atom stereocenters. The quantitative estimate of drug-likeness (QED) is 0.809. The molecule has 2 aromatic rings. The van der Waals surface area contributed by atoms with Gasteiger partial charge in [-0.25, -0.2) is 4.98 Å². The highest BCUT2D eigenvalue weighted by Crippen LogP contribution is 2.26. The topological polar surface area (TPSA) is 66.5 Å². The van der Waals surface area contributed by atoms with Gasteiger partial charge in [-0.1, -0.05) is 0 Å². The van der Waals surface area contributed by atoms with Crippen molar-refractivity contribution < 1.29 is 5.11 Å². The summed E-state index contributed by atoms with van der Waals surface area (Å²) in [7, 11) is 0. The van der Waals surface area contributed by atoms with Crippen LogP contribution in [0.25, 0.3) is 5.65 Å². The Bertz CT molecular complexity index is 523. The van der Waals surface area contributed by atoms with Crippen LogP contribution in [0.1, 0.15) is 13.3 Å². The molecule has 1 saturated heterocycles. The molecule has 3 rings (SSSR count). The summed E-state index contributed by atoms with van der Waals surface area (Å²) in [6.07, 6.45) is 5.98. The molecule has 17 heavy (non-hydrogen) atoms. The van der Waals surface area contributed by atoms with E-state index in [4.69, 9.17) is 0 Å². The predicted molar refractivity (Wildman–Crippen MR) is 62.8 cm³/mol. The minimum Gasteiger partial charge on any atom is -0.393 e. The number of nitrogens with zero attached hydrogens (tertiary/aromatic N) is 5. The molecule has 90 valence electrons. The fourth-order valence-electron chi connectivity index (χ4n) is 2.34. The van der Waals surface area contributed by atoms with E-state index in [1.807, 2.05) is 17.5 Å². The average molecular weight is 233 g/mol. The van der Waals surface area contributed by atoms with Gasteiger partial charge in [0.1, 0.15) is 6.33 Å². The monoisotopic (exact) mass is 233 g/mol. The van der Waals surface area contributed by atoms with Crippen molar-refractivity contribution in [1.82, 2.24) is 19.6 Å². The zero-order valence-electron chi connectivity index (χ0n) is 9.69. The summed E-state index contributed by atoms with van der Waals surface area (Å²) in [5, 5.41) is 17.6. The van der Waals surface area contributed by atoms with Crippen molar-refractivity contribution in [2.24, 2.45) is 5.92 Å². The lowest BCUT2D eigenvalue weighted by Gasteiger charge is -2.18. The van der Waals surface area contributed by atoms with Gasteiger partial charge in [0.05, 0.1) is 6.10 Å². The van der Waals surface area contributed by atoms with Gasteiger partial charge in [0, 0.05) is 31.4 Å². The predicted octanol–water partition coefficient (Wildman–Crippen LogP) is 0.331. The van der Waals surface area contributed by atoms with Gasteiger partial charge in [-0.05, 0) is 13.3 Å². The number of aromatic nitrogens is 4. The zero-order valence-corrected chi connectivity index (χ0v) is 9.69. The zero-order chi connectivity index (χ0) is 11.8. The Morgan fingerprint density at radius 2 is 2.41 bits per heavy atom. The normalized spacial score (nSPS) is 22.2. The van der Waals surface area contributed by atoms with Crippen molar-refractivity contribution in [1.29, 1.82) is 0 Å². The highest BCUT2D eigenvalue weighted by molar-refractivity contribution is 5.63. The first-order valence-corrected chi connectivity index (χ1v) is 5.83. The van der Waals surface area contributed by atoms with Crippen LogP contribution in [-0.4, -0.2) is 43.9 Å². The van der Waals surface area contributed by atoms with E-state index in [1.54, 1.807) is 12.5 Å². The molecule has 0 bridgehead atoms. The van der Waals surface area contributed by atoms with Crippen LogP contribution < -0.4 is 4.90 Å². The largest absolute Gasteiger partial charge is 0.393 e. The van der Waals surface area contributed by atoms with Crippen LogP contribution in [-0.2, 0) is 0 Å². The molecule has 0 aromatic carbocycles. The SMILES string of the molecule is CC(O)C1CCN(c2nccn3cnnc23)C1. The first-order valence-electron chi connectivity index (χ1n) is 5.83. The van der Waals surface area contributed by atoms with Gasteiger partial charge in [-0.2, -0.15) is 0 Å². The summed E-state index contributed by atoms with van der Waals surface area (Å²) in [5.41, 5.74) is 0.777. The van der Waals surface area contributed by atoms with Crippen LogP contribution in [0.3, 0.4) is 0 Å². The summed E-state index contributed by atoms with van der Waals surface area (Å²) >= 11 is 0. The molecule has 0 saturated carbocycles. The molecule has 1 aliphatic rings. The van der Waals surface area contributed by atoms with Crippen molar-refractivity contribution in [2.45, 2.75) is 19.4 Å². The summed E-state index contributed by atoms with van der Waals surface area (Å²) in [4.78, 5) is 6.54. The van der Waals surface area contributed by atoms with Crippen LogP contribution in [0, 0.1) is 5.92 Å². The number of hydrogen-bond donors (Lipinski definition) is 1. The molecular weight excluding hydrogens is 218 g/mol. The maximum absolute atomic E-state index is 9.61. The minimum absolute atomic E-state index is 0.266. The number of aliphatic hydroxyl groups excluding tert-OH is 1. The Balaban J connectivity index is 1.92. The van der Waals surface area contributed by atoms with E-state index in [-0.39, 0.29) is 6.10 Å². The summed E-state index contributed by atoms with van der Waals surface area (Å²) in [5.74, 6) is 1.17. The van der Waals surface area contributed by atoms with Crippen LogP contribution in [0.5, 0.6) is 0 Å². The molecule has 2 aromatic heterocycles. The summed E-state index contributed by atoms with van der Waals surface area (Å²) in [6, 6.07) is 0. The lowest BCUT2D eigenvalue weighted by Crippen LogP contribution is -2.25. The van der Waals surface area contributed by atoms with Crippen molar-refractivity contribution >= 4 is 11.5 Å². The fourth-order valence-corrected chi connectivity index (χ4v) is 2.34. The standard InChI is InChI=1S/C11H15N5O/c1-8(17)9-2-4-15(6-9)10-11-14-13-7-16(11)5-3-12-10/h3,5,7-9,17H,2,4,6H2,1H3.